The minimum atomic E-state index is -0.668. The number of para-hydroxylation sites is 1. The number of halogens is 2. The van der Waals surface area contributed by atoms with Crippen molar-refractivity contribution < 1.29 is 14.3 Å². The minimum Gasteiger partial charge on any atom is -0.490 e. The average Bonchev–Trinajstić information content (AvgIpc) is 3.06. The summed E-state index contributed by atoms with van der Waals surface area (Å²) in [6.07, 6.45) is 4.63. The van der Waals surface area contributed by atoms with Crippen molar-refractivity contribution in [3.05, 3.63) is 93.5 Å². The van der Waals surface area contributed by atoms with E-state index in [0.717, 1.165) is 16.8 Å². The molecule has 1 saturated heterocycles. The van der Waals surface area contributed by atoms with E-state index in [-0.39, 0.29) is 11.3 Å². The molecule has 0 unspecified atom stereocenters. The second kappa shape index (κ2) is 9.96. The van der Waals surface area contributed by atoms with Crippen LogP contribution in [0.4, 0.5) is 5.69 Å². The van der Waals surface area contributed by atoms with Gasteiger partial charge < -0.3 is 19.7 Å². The number of hydrogen-bond acceptors (Lipinski definition) is 4. The highest BCUT2D eigenvalue weighted by Crippen LogP contribution is 2.52. The van der Waals surface area contributed by atoms with E-state index < -0.39 is 5.66 Å². The van der Waals surface area contributed by atoms with Crippen LogP contribution >= 0.6 is 23.2 Å². The summed E-state index contributed by atoms with van der Waals surface area (Å²) in [4.78, 5) is 15.0. The predicted octanol–water partition coefficient (Wildman–Crippen LogP) is 7.00. The number of amides is 1. The molecule has 0 aliphatic carbocycles. The van der Waals surface area contributed by atoms with Crippen molar-refractivity contribution in [2.24, 2.45) is 0 Å². The van der Waals surface area contributed by atoms with Crippen molar-refractivity contribution in [2.75, 3.05) is 18.1 Å². The molecule has 3 aromatic rings. The molecule has 37 heavy (non-hydrogen) atoms. The predicted molar refractivity (Wildman–Crippen MR) is 150 cm³/mol. The van der Waals surface area contributed by atoms with Crippen molar-refractivity contribution in [3.8, 4) is 11.5 Å². The van der Waals surface area contributed by atoms with E-state index in [1.54, 1.807) is 12.1 Å². The number of carbonyl (C=O) groups excluding carboxylic acids is 1. The Kier molecular flexibility index (Phi) is 6.86. The normalized spacial score (nSPS) is 19.9. The van der Waals surface area contributed by atoms with E-state index in [0.29, 0.717) is 47.7 Å². The van der Waals surface area contributed by atoms with Crippen LogP contribution in [0.3, 0.4) is 0 Å². The number of nitrogens with zero attached hydrogens (tertiary/aromatic N) is 1. The van der Waals surface area contributed by atoms with Gasteiger partial charge in [0.05, 0.1) is 6.61 Å². The quantitative estimate of drug-likeness (QED) is 0.353. The number of carbonyl (C=O) groups is 1. The molecular weight excluding hydrogens is 507 g/mol. The molecule has 0 saturated carbocycles. The number of ether oxygens (including phenoxy) is 2. The molecule has 0 aromatic heterocycles. The molecule has 192 valence electrons. The molecule has 5 rings (SSSR count). The average molecular weight is 537 g/mol. The van der Waals surface area contributed by atoms with Gasteiger partial charge in [-0.1, -0.05) is 73.5 Å². The Morgan fingerprint density at radius 1 is 1.03 bits per heavy atom. The smallest absolute Gasteiger partial charge is 0.223 e. The lowest BCUT2D eigenvalue weighted by molar-refractivity contribution is -0.124. The van der Waals surface area contributed by atoms with Crippen LogP contribution in [0.2, 0.25) is 10.0 Å². The first-order valence-corrected chi connectivity index (χ1v) is 13.2. The molecule has 1 atom stereocenters. The SMILES string of the molecule is CCOc1cc(/C=C/[C@@]23NC(=O)CCN2c2ccccc2C3(C)C)ccc1OCc1ccc(Cl)cc1Cl. The third kappa shape index (κ3) is 4.55. The van der Waals surface area contributed by atoms with Gasteiger partial charge in [-0.25, -0.2) is 0 Å². The van der Waals surface area contributed by atoms with E-state index in [2.05, 4.69) is 60.5 Å². The Morgan fingerprint density at radius 2 is 1.84 bits per heavy atom. The highest BCUT2D eigenvalue weighted by molar-refractivity contribution is 6.35. The molecule has 2 aliphatic heterocycles. The molecule has 0 radical (unpaired) electrons. The minimum absolute atomic E-state index is 0.0568. The Bertz CT molecular complexity index is 1370. The number of fused-ring (bicyclic) bond motifs is 3. The largest absolute Gasteiger partial charge is 0.490 e. The number of rotatable bonds is 7. The van der Waals surface area contributed by atoms with Gasteiger partial charge in [-0.15, -0.1) is 0 Å². The van der Waals surface area contributed by atoms with Crippen molar-refractivity contribution >= 4 is 40.9 Å². The molecule has 5 nitrogen and oxygen atoms in total. The number of nitrogens with one attached hydrogen (secondary N) is 1. The van der Waals surface area contributed by atoms with Crippen LogP contribution in [-0.2, 0) is 16.8 Å². The molecule has 7 heteroatoms. The number of benzene rings is 3. The van der Waals surface area contributed by atoms with Gasteiger partial charge >= 0.3 is 0 Å². The Labute approximate surface area is 228 Å². The van der Waals surface area contributed by atoms with Crippen molar-refractivity contribution in [3.63, 3.8) is 0 Å². The first-order valence-electron chi connectivity index (χ1n) is 12.5. The number of anilines is 1. The molecular formula is C30H30Cl2N2O3. The van der Waals surface area contributed by atoms with Crippen LogP contribution in [0.5, 0.6) is 11.5 Å². The molecule has 1 N–H and O–H groups in total. The summed E-state index contributed by atoms with van der Waals surface area (Å²) in [7, 11) is 0. The maximum atomic E-state index is 12.7. The standard InChI is InChI=1S/C30H30Cl2N2O3/c1-4-36-27-17-20(9-12-26(27)37-19-21-10-11-22(31)18-24(21)32)13-15-30-29(2,3)23-7-5-6-8-25(23)34(30)16-14-28(35)33-30/h5-13,15,17-18H,4,14,16,19H2,1-3H3,(H,33,35)/b15-13+/t30-/m1/s1. The molecule has 2 heterocycles. The van der Waals surface area contributed by atoms with E-state index in [4.69, 9.17) is 32.7 Å². The van der Waals surface area contributed by atoms with Gasteiger partial charge in [0.15, 0.2) is 11.5 Å². The third-order valence-corrected chi connectivity index (χ3v) is 7.91. The summed E-state index contributed by atoms with van der Waals surface area (Å²) in [6, 6.07) is 19.6. The zero-order valence-corrected chi connectivity index (χ0v) is 22.7. The van der Waals surface area contributed by atoms with Crippen LogP contribution in [-0.4, -0.2) is 24.7 Å². The fourth-order valence-corrected chi connectivity index (χ4v) is 5.81. The lowest BCUT2D eigenvalue weighted by Gasteiger charge is -2.49. The molecule has 3 aromatic carbocycles. The fraction of sp³-hybridized carbons (Fsp3) is 0.300. The summed E-state index contributed by atoms with van der Waals surface area (Å²) in [5.74, 6) is 1.33. The molecule has 1 fully saturated rings. The van der Waals surface area contributed by atoms with Gasteiger partial charge in [0, 0.05) is 39.7 Å². The van der Waals surface area contributed by atoms with Gasteiger partial charge in [0.1, 0.15) is 12.3 Å². The van der Waals surface area contributed by atoms with Gasteiger partial charge in [-0.05, 0) is 54.5 Å². The molecule has 1 amide bonds. The van der Waals surface area contributed by atoms with E-state index in [1.807, 2.05) is 31.2 Å². The molecule has 2 aliphatic rings. The topological polar surface area (TPSA) is 50.8 Å². The van der Waals surface area contributed by atoms with E-state index in [9.17, 15) is 4.79 Å². The maximum absolute atomic E-state index is 12.7. The first kappa shape index (κ1) is 25.5. The van der Waals surface area contributed by atoms with Crippen LogP contribution in [0.1, 0.15) is 43.9 Å². The lowest BCUT2D eigenvalue weighted by atomic mass is 9.74. The molecule has 0 bridgehead atoms. The van der Waals surface area contributed by atoms with Gasteiger partial charge in [-0.3, -0.25) is 4.79 Å². The second-order valence-electron chi connectivity index (χ2n) is 9.86. The van der Waals surface area contributed by atoms with Crippen molar-refractivity contribution in [1.82, 2.24) is 5.32 Å². The van der Waals surface area contributed by atoms with Crippen LogP contribution in [0.25, 0.3) is 6.08 Å². The third-order valence-electron chi connectivity index (χ3n) is 7.32. The van der Waals surface area contributed by atoms with E-state index in [1.165, 1.54) is 5.56 Å². The highest BCUT2D eigenvalue weighted by Gasteiger charge is 2.57. The van der Waals surface area contributed by atoms with Gasteiger partial charge in [0.2, 0.25) is 5.91 Å². The summed E-state index contributed by atoms with van der Waals surface area (Å²) in [6.45, 7) is 7.78. The zero-order valence-electron chi connectivity index (χ0n) is 21.2. The Hall–Kier alpha value is -3.15. The Morgan fingerprint density at radius 3 is 2.62 bits per heavy atom. The maximum Gasteiger partial charge on any atom is 0.223 e. The summed E-state index contributed by atoms with van der Waals surface area (Å²) < 4.78 is 12.0. The summed E-state index contributed by atoms with van der Waals surface area (Å²) in [5.41, 5.74) is 3.17. The highest BCUT2D eigenvalue weighted by atomic mass is 35.5. The monoisotopic (exact) mass is 536 g/mol. The molecule has 0 spiro atoms. The van der Waals surface area contributed by atoms with Crippen LogP contribution in [0.15, 0.2) is 66.7 Å². The van der Waals surface area contributed by atoms with Gasteiger partial charge in [-0.2, -0.15) is 0 Å². The van der Waals surface area contributed by atoms with Crippen molar-refractivity contribution in [1.29, 1.82) is 0 Å². The van der Waals surface area contributed by atoms with Gasteiger partial charge in [0.25, 0.3) is 0 Å². The summed E-state index contributed by atoms with van der Waals surface area (Å²) >= 11 is 12.3. The van der Waals surface area contributed by atoms with Crippen LogP contribution < -0.4 is 19.7 Å². The Balaban J connectivity index is 1.44. The van der Waals surface area contributed by atoms with Crippen LogP contribution in [0, 0.1) is 0 Å². The second-order valence-corrected chi connectivity index (χ2v) is 10.7. The zero-order chi connectivity index (χ0) is 26.2. The first-order chi connectivity index (χ1) is 17.7. The fourth-order valence-electron chi connectivity index (χ4n) is 5.35. The summed E-state index contributed by atoms with van der Waals surface area (Å²) in [5, 5.41) is 4.46. The van der Waals surface area contributed by atoms with E-state index >= 15 is 0 Å². The van der Waals surface area contributed by atoms with Crippen molar-refractivity contribution in [2.45, 2.75) is 44.9 Å². The lowest BCUT2D eigenvalue weighted by Crippen LogP contribution is -2.68. The number of hydrogen-bond donors (Lipinski definition) is 1.